The lowest BCUT2D eigenvalue weighted by molar-refractivity contribution is -0.149. The Bertz CT molecular complexity index is 910. The molecule has 1 aromatic carbocycles. The lowest BCUT2D eigenvalue weighted by atomic mass is 10.2. The van der Waals surface area contributed by atoms with E-state index in [1.54, 1.807) is 11.8 Å². The van der Waals surface area contributed by atoms with Gasteiger partial charge in [0.25, 0.3) is 5.91 Å². The van der Waals surface area contributed by atoms with Crippen LogP contribution in [-0.2, 0) is 20.9 Å². The van der Waals surface area contributed by atoms with Crippen LogP contribution >= 0.6 is 23.1 Å². The molecular formula is C18H19N5O3S2. The second-order valence-electron chi connectivity index (χ2n) is 5.79. The predicted molar refractivity (Wildman–Crippen MR) is 107 cm³/mol. The largest absolute Gasteiger partial charge is 0.454 e. The molecule has 0 aliphatic rings. The van der Waals surface area contributed by atoms with E-state index in [0.29, 0.717) is 12.4 Å². The van der Waals surface area contributed by atoms with E-state index in [4.69, 9.17) is 4.74 Å². The normalized spacial score (nSPS) is 10.6. The van der Waals surface area contributed by atoms with Crippen molar-refractivity contribution in [3.63, 3.8) is 0 Å². The zero-order chi connectivity index (χ0) is 19.8. The number of rotatable bonds is 9. The molecule has 2 heterocycles. The number of hydrogen-bond donors (Lipinski definition) is 1. The molecule has 0 bridgehead atoms. The van der Waals surface area contributed by atoms with Gasteiger partial charge >= 0.3 is 5.97 Å². The first-order valence-corrected chi connectivity index (χ1v) is 10.4. The molecule has 0 atom stereocenters. The molecule has 0 unspecified atom stereocenters. The molecular weight excluding hydrogens is 398 g/mol. The maximum atomic E-state index is 11.8. The first-order valence-electron chi connectivity index (χ1n) is 8.53. The maximum Gasteiger partial charge on any atom is 0.330 e. The minimum absolute atomic E-state index is 0.199. The highest BCUT2D eigenvalue weighted by molar-refractivity contribution is 7.99. The molecule has 10 heteroatoms. The van der Waals surface area contributed by atoms with Gasteiger partial charge in [-0.25, -0.2) is 4.79 Å². The van der Waals surface area contributed by atoms with E-state index in [-0.39, 0.29) is 19.1 Å². The lowest BCUT2D eigenvalue weighted by Gasteiger charge is -2.06. The number of tetrazole rings is 1. The number of thiophene rings is 1. The topological polar surface area (TPSA) is 99.0 Å². The molecule has 0 saturated heterocycles. The summed E-state index contributed by atoms with van der Waals surface area (Å²) in [6.45, 7) is 2.00. The van der Waals surface area contributed by atoms with Crippen molar-refractivity contribution in [3.8, 4) is 10.7 Å². The van der Waals surface area contributed by atoms with Gasteiger partial charge in [0.15, 0.2) is 13.2 Å². The third-order valence-corrected chi connectivity index (χ3v) is 5.42. The summed E-state index contributed by atoms with van der Waals surface area (Å²) in [4.78, 5) is 26.7. The Balaban J connectivity index is 1.32. The van der Waals surface area contributed by atoms with E-state index in [9.17, 15) is 9.59 Å². The van der Waals surface area contributed by atoms with Crippen molar-refractivity contribution in [3.05, 3.63) is 47.3 Å². The number of carbonyl (C=O) groups is 2. The number of aromatic nitrogens is 4. The molecule has 146 valence electrons. The highest BCUT2D eigenvalue weighted by Gasteiger charge is 2.12. The summed E-state index contributed by atoms with van der Waals surface area (Å²) in [5, 5.41) is 16.4. The number of nitrogens with one attached hydrogen (secondary N) is 1. The molecule has 2 aromatic heterocycles. The van der Waals surface area contributed by atoms with Crippen LogP contribution in [0.2, 0.25) is 0 Å². The summed E-state index contributed by atoms with van der Waals surface area (Å²) in [6.07, 6.45) is 0. The number of nitrogens with zero attached hydrogens (tertiary/aromatic N) is 4. The van der Waals surface area contributed by atoms with E-state index < -0.39 is 5.97 Å². The Labute approximate surface area is 170 Å². The molecule has 3 rings (SSSR count). The van der Waals surface area contributed by atoms with E-state index in [2.05, 4.69) is 20.7 Å². The second kappa shape index (κ2) is 10.00. The molecule has 0 aliphatic heterocycles. The summed E-state index contributed by atoms with van der Waals surface area (Å²) in [5.41, 5.74) is 1.21. The van der Waals surface area contributed by atoms with Gasteiger partial charge in [0, 0.05) is 17.2 Å². The summed E-state index contributed by atoms with van der Waals surface area (Å²) >= 11 is 3.13. The van der Waals surface area contributed by atoms with Gasteiger partial charge in [-0.15, -0.1) is 33.3 Å². The summed E-state index contributed by atoms with van der Waals surface area (Å²) < 4.78 is 4.95. The van der Waals surface area contributed by atoms with Crippen LogP contribution in [-0.4, -0.2) is 51.0 Å². The van der Waals surface area contributed by atoms with E-state index in [1.807, 2.05) is 48.7 Å². The Morgan fingerprint density at radius 2 is 2.07 bits per heavy atom. The number of carbonyl (C=O) groups excluding carboxylic acids is 2. The zero-order valence-corrected chi connectivity index (χ0v) is 16.8. The molecule has 1 N–H and O–H groups in total. The van der Waals surface area contributed by atoms with Crippen LogP contribution in [0.5, 0.6) is 0 Å². The van der Waals surface area contributed by atoms with Crippen LogP contribution in [0.15, 0.2) is 46.7 Å². The summed E-state index contributed by atoms with van der Waals surface area (Å²) in [5.74, 6) is 0.242. The average molecular weight is 418 g/mol. The van der Waals surface area contributed by atoms with E-state index >= 15 is 0 Å². The third kappa shape index (κ3) is 6.17. The molecule has 0 saturated carbocycles. The van der Waals surface area contributed by atoms with Crippen molar-refractivity contribution in [1.29, 1.82) is 0 Å². The fraction of sp³-hybridized carbons (Fsp3) is 0.278. The van der Waals surface area contributed by atoms with Crippen LogP contribution in [0.3, 0.4) is 0 Å². The number of amides is 1. The fourth-order valence-electron chi connectivity index (χ4n) is 2.17. The lowest BCUT2D eigenvalue weighted by Crippen LogP contribution is -2.31. The Hall–Kier alpha value is -2.72. The average Bonchev–Trinajstić information content (AvgIpc) is 3.37. The van der Waals surface area contributed by atoms with E-state index in [0.717, 1.165) is 20.3 Å². The number of ether oxygens (including phenoxy) is 1. The first-order chi connectivity index (χ1) is 13.6. The Morgan fingerprint density at radius 1 is 1.25 bits per heavy atom. The number of benzene rings is 1. The van der Waals surface area contributed by atoms with Gasteiger partial charge in [-0.1, -0.05) is 23.8 Å². The molecule has 0 aliphatic carbocycles. The van der Waals surface area contributed by atoms with Gasteiger partial charge in [0.05, 0.1) is 4.88 Å². The summed E-state index contributed by atoms with van der Waals surface area (Å²) in [7, 11) is 0. The fourth-order valence-corrected chi connectivity index (χ4v) is 3.58. The second-order valence-corrected chi connectivity index (χ2v) is 7.91. The van der Waals surface area contributed by atoms with Gasteiger partial charge < -0.3 is 10.1 Å². The van der Waals surface area contributed by atoms with Crippen LogP contribution in [0.4, 0.5) is 0 Å². The molecule has 8 nitrogen and oxygen atoms in total. The van der Waals surface area contributed by atoms with E-state index in [1.165, 1.54) is 16.9 Å². The predicted octanol–water partition coefficient (Wildman–Crippen LogP) is 2.16. The Kier molecular flexibility index (Phi) is 7.15. The minimum atomic E-state index is -0.598. The molecule has 1 amide bonds. The quantitative estimate of drug-likeness (QED) is 0.324. The molecule has 28 heavy (non-hydrogen) atoms. The number of aryl methyl sites for hydroxylation is 1. The van der Waals surface area contributed by atoms with Gasteiger partial charge in [-0.05, 0) is 35.7 Å². The number of hydrogen-bond acceptors (Lipinski definition) is 8. The van der Waals surface area contributed by atoms with Crippen LogP contribution in [0.25, 0.3) is 10.7 Å². The first kappa shape index (κ1) is 20.0. The standard InChI is InChI=1S/C18H19N5O3S2/c1-13-4-6-14(7-5-13)27-10-8-19-16(24)12-26-17(25)11-23-21-18(20-22-23)15-3-2-9-28-15/h2-7,9H,8,10-12H2,1H3,(H,19,24). The monoisotopic (exact) mass is 417 g/mol. The minimum Gasteiger partial charge on any atom is -0.454 e. The van der Waals surface area contributed by atoms with Gasteiger partial charge in [-0.2, -0.15) is 4.80 Å². The van der Waals surface area contributed by atoms with Gasteiger partial charge in [-0.3, -0.25) is 4.79 Å². The molecule has 0 spiro atoms. The number of esters is 1. The van der Waals surface area contributed by atoms with Crippen molar-refractivity contribution >= 4 is 35.0 Å². The SMILES string of the molecule is Cc1ccc(SCCNC(=O)COC(=O)Cn2nnc(-c3cccs3)n2)cc1. The van der Waals surface area contributed by atoms with Crippen LogP contribution in [0.1, 0.15) is 5.56 Å². The zero-order valence-electron chi connectivity index (χ0n) is 15.2. The molecule has 0 fully saturated rings. The van der Waals surface area contributed by atoms with Crippen molar-refractivity contribution in [2.45, 2.75) is 18.4 Å². The van der Waals surface area contributed by atoms with Crippen LogP contribution in [0, 0.1) is 6.92 Å². The number of thioether (sulfide) groups is 1. The third-order valence-electron chi connectivity index (χ3n) is 3.54. The van der Waals surface area contributed by atoms with Gasteiger partial charge in [0.1, 0.15) is 0 Å². The van der Waals surface area contributed by atoms with Crippen molar-refractivity contribution in [2.24, 2.45) is 0 Å². The Morgan fingerprint density at radius 3 is 2.82 bits per heavy atom. The van der Waals surface area contributed by atoms with Crippen LogP contribution < -0.4 is 5.32 Å². The summed E-state index contributed by atoms with van der Waals surface area (Å²) in [6, 6.07) is 11.9. The maximum absolute atomic E-state index is 11.8. The molecule has 0 radical (unpaired) electrons. The van der Waals surface area contributed by atoms with Crippen molar-refractivity contribution in [1.82, 2.24) is 25.5 Å². The highest BCUT2D eigenvalue weighted by Crippen LogP contribution is 2.19. The van der Waals surface area contributed by atoms with Gasteiger partial charge in [0.2, 0.25) is 5.82 Å². The smallest absolute Gasteiger partial charge is 0.330 e. The van der Waals surface area contributed by atoms with Crippen molar-refractivity contribution < 1.29 is 14.3 Å². The van der Waals surface area contributed by atoms with Crippen molar-refractivity contribution in [2.75, 3.05) is 18.9 Å². The highest BCUT2D eigenvalue weighted by atomic mass is 32.2. The molecule has 3 aromatic rings.